The van der Waals surface area contributed by atoms with Crippen LogP contribution in [0.25, 0.3) is 0 Å². The van der Waals surface area contributed by atoms with Crippen LogP contribution in [0.2, 0.25) is 0 Å². The number of aromatic nitrogens is 2. The molecule has 2 rings (SSSR count). The summed E-state index contributed by atoms with van der Waals surface area (Å²) < 4.78 is 0. The van der Waals surface area contributed by atoms with E-state index in [0.29, 0.717) is 12.0 Å². The maximum absolute atomic E-state index is 12.5. The van der Waals surface area contributed by atoms with Crippen LogP contribution in [-0.4, -0.2) is 34.7 Å². The van der Waals surface area contributed by atoms with Gasteiger partial charge in [-0.25, -0.2) is 0 Å². The highest BCUT2D eigenvalue weighted by molar-refractivity contribution is 5.95. The normalized spacial score (nSPS) is 17.1. The molecule has 0 bridgehead atoms. The van der Waals surface area contributed by atoms with E-state index >= 15 is 0 Å². The summed E-state index contributed by atoms with van der Waals surface area (Å²) in [6, 6.07) is 1.83. The first-order chi connectivity index (χ1) is 9.04. The molecule has 1 saturated heterocycles. The van der Waals surface area contributed by atoms with Crippen molar-refractivity contribution < 1.29 is 4.79 Å². The third-order valence-corrected chi connectivity index (χ3v) is 3.69. The van der Waals surface area contributed by atoms with Gasteiger partial charge in [-0.1, -0.05) is 6.92 Å². The van der Waals surface area contributed by atoms with Gasteiger partial charge in [-0.3, -0.25) is 4.79 Å². The number of carbonyl (C=O) groups excluding carboxylic acids is 1. The van der Waals surface area contributed by atoms with Crippen LogP contribution in [0.15, 0.2) is 6.07 Å². The zero-order valence-corrected chi connectivity index (χ0v) is 13.1. The summed E-state index contributed by atoms with van der Waals surface area (Å²) in [6.45, 7) is 7.85. The van der Waals surface area contributed by atoms with Crippen molar-refractivity contribution >= 4 is 18.3 Å². The van der Waals surface area contributed by atoms with Gasteiger partial charge in [0.05, 0.1) is 17.0 Å². The Morgan fingerprint density at radius 3 is 2.65 bits per heavy atom. The molecule has 1 aromatic rings. The van der Waals surface area contributed by atoms with Gasteiger partial charge < -0.3 is 10.6 Å². The Kier molecular flexibility index (Phi) is 5.89. The lowest BCUT2D eigenvalue weighted by Gasteiger charge is -2.35. The average Bonchev–Trinajstić information content (AvgIpc) is 2.39. The number of hydrogen-bond donors (Lipinski definition) is 2. The number of carbonyl (C=O) groups is 1. The summed E-state index contributed by atoms with van der Waals surface area (Å²) in [7, 11) is 0. The molecule has 1 fully saturated rings. The van der Waals surface area contributed by atoms with Gasteiger partial charge in [-0.15, -0.1) is 12.4 Å². The first-order valence-corrected chi connectivity index (χ1v) is 6.90. The van der Waals surface area contributed by atoms with Crippen LogP contribution in [-0.2, 0) is 6.42 Å². The van der Waals surface area contributed by atoms with Crippen LogP contribution in [0.4, 0.5) is 0 Å². The Balaban J connectivity index is 0.00000200. The van der Waals surface area contributed by atoms with E-state index in [2.05, 4.69) is 27.8 Å². The van der Waals surface area contributed by atoms with Crippen molar-refractivity contribution in [2.45, 2.75) is 45.6 Å². The standard InChI is InChI=1S/C14H22N4O.ClH/c1-4-12-11(9-10(2)17-18-12)13(19)16-14(3)5-7-15-8-6-14;/h9,15H,4-8H2,1-3H3,(H,16,19);1H. The smallest absolute Gasteiger partial charge is 0.253 e. The molecule has 112 valence electrons. The number of rotatable bonds is 3. The van der Waals surface area contributed by atoms with Gasteiger partial charge in [0.1, 0.15) is 0 Å². The molecule has 1 aromatic heterocycles. The number of nitrogens with one attached hydrogen (secondary N) is 2. The molecule has 0 aliphatic carbocycles. The van der Waals surface area contributed by atoms with E-state index in [0.717, 1.165) is 37.3 Å². The van der Waals surface area contributed by atoms with Crippen molar-refractivity contribution in [3.8, 4) is 0 Å². The predicted molar refractivity (Wildman–Crippen MR) is 81.4 cm³/mol. The molecule has 0 spiro atoms. The molecule has 0 saturated carbocycles. The van der Waals surface area contributed by atoms with Crippen molar-refractivity contribution in [1.29, 1.82) is 0 Å². The third kappa shape index (κ3) is 3.90. The third-order valence-electron chi connectivity index (χ3n) is 3.69. The molecule has 1 aliphatic rings. The maximum Gasteiger partial charge on any atom is 0.253 e. The van der Waals surface area contributed by atoms with Crippen molar-refractivity contribution in [2.24, 2.45) is 0 Å². The molecule has 1 aliphatic heterocycles. The number of aryl methyl sites for hydroxylation is 2. The SMILES string of the molecule is CCc1nnc(C)cc1C(=O)NC1(C)CCNCC1.Cl. The van der Waals surface area contributed by atoms with Gasteiger partial charge in [-0.05, 0) is 52.3 Å². The number of hydrogen-bond acceptors (Lipinski definition) is 4. The minimum absolute atomic E-state index is 0. The van der Waals surface area contributed by atoms with Crippen LogP contribution >= 0.6 is 12.4 Å². The quantitative estimate of drug-likeness (QED) is 0.890. The second-order valence-electron chi connectivity index (χ2n) is 5.46. The minimum Gasteiger partial charge on any atom is -0.347 e. The average molecular weight is 299 g/mol. The summed E-state index contributed by atoms with van der Waals surface area (Å²) in [5.74, 6) is -0.0285. The molecule has 0 atom stereocenters. The number of amides is 1. The van der Waals surface area contributed by atoms with E-state index in [1.54, 1.807) is 0 Å². The van der Waals surface area contributed by atoms with E-state index in [9.17, 15) is 4.79 Å². The van der Waals surface area contributed by atoms with Crippen LogP contribution in [0, 0.1) is 6.92 Å². The molecular weight excluding hydrogens is 276 g/mol. The number of piperidine rings is 1. The van der Waals surface area contributed by atoms with Gasteiger partial charge in [-0.2, -0.15) is 10.2 Å². The monoisotopic (exact) mass is 298 g/mol. The molecule has 2 N–H and O–H groups in total. The molecule has 1 amide bonds. The van der Waals surface area contributed by atoms with Gasteiger partial charge in [0.25, 0.3) is 5.91 Å². The fraction of sp³-hybridized carbons (Fsp3) is 0.643. The highest BCUT2D eigenvalue weighted by Gasteiger charge is 2.29. The molecule has 6 heteroatoms. The zero-order chi connectivity index (χ0) is 13.9. The first-order valence-electron chi connectivity index (χ1n) is 6.90. The lowest BCUT2D eigenvalue weighted by Crippen LogP contribution is -2.52. The Morgan fingerprint density at radius 1 is 1.40 bits per heavy atom. The van der Waals surface area contributed by atoms with Gasteiger partial charge in [0, 0.05) is 5.54 Å². The summed E-state index contributed by atoms with van der Waals surface area (Å²) >= 11 is 0. The number of halogens is 1. The molecule has 5 nitrogen and oxygen atoms in total. The fourth-order valence-corrected chi connectivity index (χ4v) is 2.42. The number of nitrogens with zero attached hydrogens (tertiary/aromatic N) is 2. The zero-order valence-electron chi connectivity index (χ0n) is 12.3. The Bertz CT molecular complexity index is 472. The molecule has 20 heavy (non-hydrogen) atoms. The molecule has 0 radical (unpaired) electrons. The van der Waals surface area contributed by atoms with Crippen LogP contribution in [0.3, 0.4) is 0 Å². The summed E-state index contributed by atoms with van der Waals surface area (Å²) in [4.78, 5) is 12.5. The van der Waals surface area contributed by atoms with Crippen molar-refractivity contribution in [3.63, 3.8) is 0 Å². The molecular formula is C14H23ClN4O. The summed E-state index contributed by atoms with van der Waals surface area (Å²) in [6.07, 6.45) is 2.63. The van der Waals surface area contributed by atoms with Crippen molar-refractivity contribution in [1.82, 2.24) is 20.8 Å². The first kappa shape index (κ1) is 16.9. The lowest BCUT2D eigenvalue weighted by atomic mass is 9.90. The predicted octanol–water partition coefficient (Wildman–Crippen LogP) is 1.64. The topological polar surface area (TPSA) is 66.9 Å². The van der Waals surface area contributed by atoms with Crippen molar-refractivity contribution in [3.05, 3.63) is 23.0 Å². The second-order valence-corrected chi connectivity index (χ2v) is 5.46. The fourth-order valence-electron chi connectivity index (χ4n) is 2.42. The summed E-state index contributed by atoms with van der Waals surface area (Å²) in [5.41, 5.74) is 2.08. The lowest BCUT2D eigenvalue weighted by molar-refractivity contribution is 0.0885. The van der Waals surface area contributed by atoms with E-state index < -0.39 is 0 Å². The van der Waals surface area contributed by atoms with Gasteiger partial charge in [0.15, 0.2) is 0 Å². The molecule has 0 aromatic carbocycles. The minimum atomic E-state index is -0.121. The summed E-state index contributed by atoms with van der Waals surface area (Å²) in [5, 5.41) is 14.6. The van der Waals surface area contributed by atoms with E-state index in [1.807, 2.05) is 19.9 Å². The highest BCUT2D eigenvalue weighted by Crippen LogP contribution is 2.18. The largest absolute Gasteiger partial charge is 0.347 e. The van der Waals surface area contributed by atoms with Crippen LogP contribution in [0.1, 0.15) is 48.4 Å². The Hall–Kier alpha value is -1.20. The van der Waals surface area contributed by atoms with E-state index in [4.69, 9.17) is 0 Å². The van der Waals surface area contributed by atoms with Crippen molar-refractivity contribution in [2.75, 3.05) is 13.1 Å². The van der Waals surface area contributed by atoms with E-state index in [1.165, 1.54) is 0 Å². The van der Waals surface area contributed by atoms with Gasteiger partial charge in [0.2, 0.25) is 0 Å². The highest BCUT2D eigenvalue weighted by atomic mass is 35.5. The second kappa shape index (κ2) is 6.99. The van der Waals surface area contributed by atoms with Crippen LogP contribution in [0.5, 0.6) is 0 Å². The Morgan fingerprint density at radius 2 is 2.05 bits per heavy atom. The maximum atomic E-state index is 12.5. The Labute approximate surface area is 126 Å². The molecule has 2 heterocycles. The van der Waals surface area contributed by atoms with Crippen LogP contribution < -0.4 is 10.6 Å². The molecule has 0 unspecified atom stereocenters. The van der Waals surface area contributed by atoms with E-state index in [-0.39, 0.29) is 23.9 Å². The van der Waals surface area contributed by atoms with Gasteiger partial charge >= 0.3 is 0 Å².